The number of benzene rings is 1. The van der Waals surface area contributed by atoms with E-state index in [4.69, 9.17) is 9.47 Å². The van der Waals surface area contributed by atoms with Crippen molar-refractivity contribution in [1.29, 1.82) is 0 Å². The molecule has 0 heterocycles. The minimum atomic E-state index is -1.10. The maximum Gasteiger partial charge on any atom is 0.247 e. The van der Waals surface area contributed by atoms with Crippen LogP contribution in [0.1, 0.15) is 81.5 Å². The van der Waals surface area contributed by atoms with Gasteiger partial charge in [-0.25, -0.2) is 0 Å². The van der Waals surface area contributed by atoms with Gasteiger partial charge in [0.2, 0.25) is 11.8 Å². The number of nitrogens with zero attached hydrogens (tertiary/aromatic N) is 1. The molecule has 0 aromatic heterocycles. The molecule has 0 aliphatic heterocycles. The predicted molar refractivity (Wildman–Crippen MR) is 168 cm³/mol. The van der Waals surface area contributed by atoms with Gasteiger partial charge in [-0.1, -0.05) is 32.6 Å². The number of methoxy groups -OCH3 is 1. The third-order valence-corrected chi connectivity index (χ3v) is 9.95. The first-order chi connectivity index (χ1) is 20.3. The molecule has 2 fully saturated rings. The van der Waals surface area contributed by atoms with Crippen molar-refractivity contribution in [1.82, 2.24) is 10.2 Å². The highest BCUT2D eigenvalue weighted by atomic mass is 127. The first kappa shape index (κ1) is 32.7. The third-order valence-electron chi connectivity index (χ3n) is 9.15. The largest absolute Gasteiger partial charge is 0.493 e. The molecule has 1 aromatic rings. The van der Waals surface area contributed by atoms with E-state index in [2.05, 4.69) is 34.8 Å². The summed E-state index contributed by atoms with van der Waals surface area (Å²) in [4.78, 5) is 40.4. The van der Waals surface area contributed by atoms with Crippen LogP contribution in [0.3, 0.4) is 0 Å². The normalized spacial score (nSPS) is 26.5. The SMILES string of the molecule is CCCCCCN(C(=O)CC1CC2CCC1C2)C1CC(C(=O)NCCO)=CC(Oc2c(I)cc(C=O)cc2OC)C1O. The fourth-order valence-electron chi connectivity index (χ4n) is 6.99. The summed E-state index contributed by atoms with van der Waals surface area (Å²) in [5.41, 5.74) is 0.822. The lowest BCUT2D eigenvalue weighted by Crippen LogP contribution is -2.55. The highest BCUT2D eigenvalue weighted by molar-refractivity contribution is 14.1. The van der Waals surface area contributed by atoms with Crippen LogP contribution in [0.25, 0.3) is 0 Å². The van der Waals surface area contributed by atoms with Crippen LogP contribution in [-0.2, 0) is 9.59 Å². The molecular weight excluding hydrogens is 651 g/mol. The molecule has 232 valence electrons. The van der Waals surface area contributed by atoms with Crippen molar-refractivity contribution in [2.24, 2.45) is 17.8 Å². The zero-order valence-electron chi connectivity index (χ0n) is 24.7. The van der Waals surface area contributed by atoms with E-state index in [9.17, 15) is 24.6 Å². The second kappa shape index (κ2) is 15.5. The van der Waals surface area contributed by atoms with Gasteiger partial charge in [-0.15, -0.1) is 0 Å². The number of hydrogen-bond acceptors (Lipinski definition) is 7. The lowest BCUT2D eigenvalue weighted by molar-refractivity contribution is -0.140. The fourth-order valence-corrected chi connectivity index (χ4v) is 7.74. The number of amides is 2. The molecule has 1 aromatic carbocycles. The molecule has 2 saturated carbocycles. The Balaban J connectivity index is 1.63. The number of aldehydes is 1. The monoisotopic (exact) mass is 696 g/mol. The Kier molecular flexibility index (Phi) is 12.1. The van der Waals surface area contributed by atoms with E-state index in [1.807, 2.05) is 4.90 Å². The number of nitrogens with one attached hydrogen (secondary N) is 1. The van der Waals surface area contributed by atoms with E-state index in [-0.39, 0.29) is 31.4 Å². The number of aliphatic hydroxyl groups excluding tert-OH is 2. The summed E-state index contributed by atoms with van der Waals surface area (Å²) in [5.74, 6) is 2.08. The molecule has 2 bridgehead atoms. The highest BCUT2D eigenvalue weighted by Gasteiger charge is 2.44. The van der Waals surface area contributed by atoms with Crippen LogP contribution in [0.2, 0.25) is 0 Å². The summed E-state index contributed by atoms with van der Waals surface area (Å²) < 4.78 is 12.5. The van der Waals surface area contributed by atoms with Gasteiger partial charge in [0, 0.05) is 37.1 Å². The average molecular weight is 697 g/mol. The van der Waals surface area contributed by atoms with Gasteiger partial charge in [0.1, 0.15) is 18.5 Å². The van der Waals surface area contributed by atoms with Gasteiger partial charge in [-0.05, 0) is 84.2 Å². The molecule has 6 atom stereocenters. The number of carbonyl (C=O) groups excluding carboxylic acids is 3. The zero-order valence-corrected chi connectivity index (χ0v) is 26.9. The molecule has 0 saturated heterocycles. The van der Waals surface area contributed by atoms with E-state index in [1.54, 1.807) is 18.2 Å². The molecule has 6 unspecified atom stereocenters. The molecule has 3 aliphatic carbocycles. The van der Waals surface area contributed by atoms with Gasteiger partial charge < -0.3 is 29.9 Å². The fraction of sp³-hybridized carbons (Fsp3) is 0.656. The lowest BCUT2D eigenvalue weighted by Gasteiger charge is -2.41. The van der Waals surface area contributed by atoms with Crippen LogP contribution in [0.5, 0.6) is 11.5 Å². The second-order valence-electron chi connectivity index (χ2n) is 12.0. The number of rotatable bonds is 15. The maximum absolute atomic E-state index is 14.0. The number of hydrogen-bond donors (Lipinski definition) is 3. The Morgan fingerprint density at radius 2 is 2.00 bits per heavy atom. The van der Waals surface area contributed by atoms with Crippen LogP contribution < -0.4 is 14.8 Å². The molecule has 3 aliphatic rings. The van der Waals surface area contributed by atoms with Crippen LogP contribution in [0.15, 0.2) is 23.8 Å². The van der Waals surface area contributed by atoms with E-state index in [0.29, 0.717) is 51.0 Å². The van der Waals surface area contributed by atoms with E-state index >= 15 is 0 Å². The Labute approximate surface area is 262 Å². The van der Waals surface area contributed by atoms with E-state index in [0.717, 1.165) is 44.3 Å². The van der Waals surface area contributed by atoms with Crippen molar-refractivity contribution in [3.05, 3.63) is 32.9 Å². The molecule has 2 amide bonds. The first-order valence-corrected chi connectivity index (χ1v) is 16.4. The van der Waals surface area contributed by atoms with E-state index in [1.165, 1.54) is 26.4 Å². The van der Waals surface area contributed by atoms with Crippen molar-refractivity contribution in [2.75, 3.05) is 26.8 Å². The molecule has 42 heavy (non-hydrogen) atoms. The summed E-state index contributed by atoms with van der Waals surface area (Å²) in [7, 11) is 1.48. The zero-order chi connectivity index (χ0) is 30.2. The van der Waals surface area contributed by atoms with Gasteiger partial charge in [-0.2, -0.15) is 0 Å². The number of aliphatic hydroxyl groups is 2. The Bertz CT molecular complexity index is 1140. The van der Waals surface area contributed by atoms with Gasteiger partial charge >= 0.3 is 0 Å². The number of unbranched alkanes of at least 4 members (excludes halogenated alkanes) is 3. The Morgan fingerprint density at radius 1 is 1.19 bits per heavy atom. The van der Waals surface area contributed by atoms with Crippen LogP contribution >= 0.6 is 22.6 Å². The van der Waals surface area contributed by atoms with Crippen LogP contribution in [-0.4, -0.2) is 78.3 Å². The number of fused-ring (bicyclic) bond motifs is 2. The first-order valence-electron chi connectivity index (χ1n) is 15.4. The molecule has 9 nitrogen and oxygen atoms in total. The Morgan fingerprint density at radius 3 is 2.64 bits per heavy atom. The third kappa shape index (κ3) is 7.85. The van der Waals surface area contributed by atoms with Gasteiger partial charge in [0.25, 0.3) is 0 Å². The summed E-state index contributed by atoms with van der Waals surface area (Å²) in [6.07, 6.45) is 9.66. The topological polar surface area (TPSA) is 125 Å². The predicted octanol–water partition coefficient (Wildman–Crippen LogP) is 4.26. The summed E-state index contributed by atoms with van der Waals surface area (Å²) in [5, 5.41) is 23.8. The minimum Gasteiger partial charge on any atom is -0.493 e. The van der Waals surface area contributed by atoms with Crippen molar-refractivity contribution in [3.8, 4) is 11.5 Å². The van der Waals surface area contributed by atoms with Gasteiger partial charge in [0.05, 0.1) is 23.3 Å². The van der Waals surface area contributed by atoms with Crippen LogP contribution in [0, 0.1) is 21.3 Å². The summed E-state index contributed by atoms with van der Waals surface area (Å²) in [6, 6.07) is 2.57. The molecule has 3 N–H and O–H groups in total. The second-order valence-corrected chi connectivity index (χ2v) is 13.1. The summed E-state index contributed by atoms with van der Waals surface area (Å²) >= 11 is 2.05. The minimum absolute atomic E-state index is 0.0337. The van der Waals surface area contributed by atoms with E-state index < -0.39 is 18.2 Å². The quantitative estimate of drug-likeness (QED) is 0.142. The highest BCUT2D eigenvalue weighted by Crippen LogP contribution is 2.50. The standard InChI is InChI=1S/C32H45IN2O7/c1-3-4-5-6-10-35(29(38)18-23-13-20-7-8-22(23)12-20)26-16-24(32(40)34-9-11-36)17-27(30(26)39)42-31-25(33)14-21(19-37)15-28(31)41-2/h14-15,17,19-20,22-23,26-27,30,36,39H,3-13,16,18H2,1-2H3,(H,34,40). The van der Waals surface area contributed by atoms with Crippen molar-refractivity contribution < 1.29 is 34.1 Å². The number of ether oxygens (including phenoxy) is 2. The summed E-state index contributed by atoms with van der Waals surface area (Å²) in [6.45, 7) is 2.55. The van der Waals surface area contributed by atoms with Crippen molar-refractivity contribution in [2.45, 2.75) is 89.4 Å². The van der Waals surface area contributed by atoms with Crippen LogP contribution in [0.4, 0.5) is 0 Å². The Hall–Kier alpha value is -2.18. The number of halogens is 1. The molecule has 4 rings (SSSR count). The average Bonchev–Trinajstić information content (AvgIpc) is 3.61. The number of carbonyl (C=O) groups is 3. The molecule has 10 heteroatoms. The maximum atomic E-state index is 14.0. The van der Waals surface area contributed by atoms with Crippen molar-refractivity contribution in [3.63, 3.8) is 0 Å². The van der Waals surface area contributed by atoms with Gasteiger partial charge in [0.15, 0.2) is 11.5 Å². The lowest BCUT2D eigenvalue weighted by atomic mass is 9.84. The molecular formula is C32H45IN2O7. The molecule has 0 spiro atoms. The smallest absolute Gasteiger partial charge is 0.247 e. The molecule has 0 radical (unpaired) electrons. The van der Waals surface area contributed by atoms with Crippen molar-refractivity contribution >= 4 is 40.7 Å². The van der Waals surface area contributed by atoms with Gasteiger partial charge in [-0.3, -0.25) is 14.4 Å².